The number of nitrogens with zero attached hydrogens (tertiary/aromatic N) is 1. The first-order valence-corrected chi connectivity index (χ1v) is 11.8. The van der Waals surface area contributed by atoms with Crippen LogP contribution in [0.4, 0.5) is 14.9 Å². The molecule has 7 nitrogen and oxygen atoms in total. The van der Waals surface area contributed by atoms with E-state index in [-0.39, 0.29) is 23.7 Å². The first-order chi connectivity index (χ1) is 17.2. The molecule has 184 valence electrons. The monoisotopic (exact) mass is 572 g/mol. The number of hydrogen-bond acceptors (Lipinski definition) is 5. The maximum Gasteiger partial charge on any atom is 0.335 e. The van der Waals surface area contributed by atoms with Crippen molar-refractivity contribution in [2.24, 2.45) is 0 Å². The van der Waals surface area contributed by atoms with Crippen LogP contribution >= 0.6 is 27.5 Å². The molecule has 1 N–H and O–H groups in total. The van der Waals surface area contributed by atoms with E-state index in [1.54, 1.807) is 43.3 Å². The van der Waals surface area contributed by atoms with Gasteiger partial charge in [-0.3, -0.25) is 14.9 Å². The van der Waals surface area contributed by atoms with Gasteiger partial charge in [0, 0.05) is 5.02 Å². The summed E-state index contributed by atoms with van der Waals surface area (Å²) in [6.45, 7) is 1.81. The van der Waals surface area contributed by atoms with Crippen molar-refractivity contribution in [1.29, 1.82) is 0 Å². The van der Waals surface area contributed by atoms with Crippen LogP contribution in [-0.2, 0) is 16.2 Å². The van der Waals surface area contributed by atoms with Crippen LogP contribution in [0.15, 0.2) is 64.6 Å². The first-order valence-electron chi connectivity index (χ1n) is 10.6. The number of benzene rings is 3. The standard InChI is InChI=1S/C26H19BrClFN2O5/c1-14-6-7-17(28)12-21(14)31-25(33)19(24(32)30-26(31)34)9-16-10-20(27)23(22(11-16)35-2)36-13-15-4-3-5-18(29)8-15/h3-12H,13H2,1-2H3,(H,30,32,34)/b19-9+. The zero-order valence-corrected chi connectivity index (χ0v) is 21.4. The molecule has 1 aliphatic rings. The highest BCUT2D eigenvalue weighted by Crippen LogP contribution is 2.38. The van der Waals surface area contributed by atoms with Gasteiger partial charge in [-0.2, -0.15) is 0 Å². The molecule has 0 saturated carbocycles. The number of hydrogen-bond donors (Lipinski definition) is 1. The highest BCUT2D eigenvalue weighted by Gasteiger charge is 2.37. The Balaban J connectivity index is 1.66. The summed E-state index contributed by atoms with van der Waals surface area (Å²) in [6.07, 6.45) is 1.35. The molecule has 0 aliphatic carbocycles. The third-order valence-electron chi connectivity index (χ3n) is 5.35. The second kappa shape index (κ2) is 10.5. The minimum absolute atomic E-state index is 0.0874. The summed E-state index contributed by atoms with van der Waals surface area (Å²) < 4.78 is 25.2. The summed E-state index contributed by atoms with van der Waals surface area (Å²) in [4.78, 5) is 39.2. The predicted octanol–water partition coefficient (Wildman–Crippen LogP) is 5.80. The molecule has 0 aromatic heterocycles. The number of anilines is 1. The van der Waals surface area contributed by atoms with Gasteiger partial charge < -0.3 is 9.47 Å². The van der Waals surface area contributed by atoms with E-state index in [2.05, 4.69) is 21.2 Å². The van der Waals surface area contributed by atoms with E-state index >= 15 is 0 Å². The number of halogens is 3. The van der Waals surface area contributed by atoms with Crippen molar-refractivity contribution in [3.63, 3.8) is 0 Å². The zero-order chi connectivity index (χ0) is 26.0. The van der Waals surface area contributed by atoms with Gasteiger partial charge in [0.2, 0.25) is 0 Å². The van der Waals surface area contributed by atoms with Gasteiger partial charge in [-0.05, 0) is 82.0 Å². The third-order valence-corrected chi connectivity index (χ3v) is 6.17. The van der Waals surface area contributed by atoms with Crippen LogP contribution in [0.5, 0.6) is 11.5 Å². The Morgan fingerprint density at radius 1 is 1.11 bits per heavy atom. The van der Waals surface area contributed by atoms with Gasteiger partial charge in [-0.1, -0.05) is 29.8 Å². The van der Waals surface area contributed by atoms with E-state index in [0.29, 0.717) is 37.7 Å². The maximum absolute atomic E-state index is 13.5. The van der Waals surface area contributed by atoms with E-state index in [4.69, 9.17) is 21.1 Å². The molecule has 4 amide bonds. The molecule has 36 heavy (non-hydrogen) atoms. The lowest BCUT2D eigenvalue weighted by Crippen LogP contribution is -2.54. The lowest BCUT2D eigenvalue weighted by molar-refractivity contribution is -0.122. The van der Waals surface area contributed by atoms with Crippen LogP contribution in [0.2, 0.25) is 5.02 Å². The summed E-state index contributed by atoms with van der Waals surface area (Å²) in [7, 11) is 1.44. The number of carbonyl (C=O) groups excluding carboxylic acids is 3. The van der Waals surface area contributed by atoms with Gasteiger partial charge in [0.1, 0.15) is 18.0 Å². The van der Waals surface area contributed by atoms with Gasteiger partial charge >= 0.3 is 6.03 Å². The lowest BCUT2D eigenvalue weighted by Gasteiger charge is -2.27. The summed E-state index contributed by atoms with van der Waals surface area (Å²) in [6, 6.07) is 13.1. The van der Waals surface area contributed by atoms with Crippen LogP contribution in [0.3, 0.4) is 0 Å². The van der Waals surface area contributed by atoms with Crippen LogP contribution in [0, 0.1) is 12.7 Å². The van der Waals surface area contributed by atoms with Crippen LogP contribution in [-0.4, -0.2) is 25.0 Å². The minimum Gasteiger partial charge on any atom is -0.493 e. The molecule has 1 fully saturated rings. The molecule has 4 rings (SSSR count). The second-order valence-corrected chi connectivity index (χ2v) is 9.13. The molecule has 1 heterocycles. The second-order valence-electron chi connectivity index (χ2n) is 7.84. The molecule has 3 aromatic carbocycles. The fourth-order valence-corrected chi connectivity index (χ4v) is 4.35. The maximum atomic E-state index is 13.5. The summed E-state index contributed by atoms with van der Waals surface area (Å²) in [5, 5.41) is 2.52. The SMILES string of the molecule is COc1cc(/C=C2\C(=O)NC(=O)N(c3cc(Cl)ccc3C)C2=O)cc(Br)c1OCc1cccc(F)c1. The first kappa shape index (κ1) is 25.4. The molecule has 1 saturated heterocycles. The molecule has 0 spiro atoms. The van der Waals surface area contributed by atoms with Crippen molar-refractivity contribution in [2.75, 3.05) is 12.0 Å². The molecule has 10 heteroatoms. The fraction of sp³-hybridized carbons (Fsp3) is 0.115. The number of imide groups is 2. The molecule has 1 aliphatic heterocycles. The number of ether oxygens (including phenoxy) is 2. The van der Waals surface area contributed by atoms with E-state index < -0.39 is 17.8 Å². The molecule has 3 aromatic rings. The Morgan fingerprint density at radius 3 is 2.61 bits per heavy atom. The largest absolute Gasteiger partial charge is 0.493 e. The molecular weight excluding hydrogens is 555 g/mol. The van der Waals surface area contributed by atoms with E-state index in [0.717, 1.165) is 4.90 Å². The minimum atomic E-state index is -0.868. The van der Waals surface area contributed by atoms with Crippen molar-refractivity contribution in [1.82, 2.24) is 5.32 Å². The molecule has 0 unspecified atom stereocenters. The molecule has 0 atom stereocenters. The lowest BCUT2D eigenvalue weighted by atomic mass is 10.1. The number of aryl methyl sites for hydroxylation is 1. The average Bonchev–Trinajstić information content (AvgIpc) is 2.83. The van der Waals surface area contributed by atoms with Gasteiger partial charge in [-0.15, -0.1) is 0 Å². The highest BCUT2D eigenvalue weighted by molar-refractivity contribution is 9.10. The number of carbonyl (C=O) groups is 3. The number of barbiturate groups is 1. The normalized spacial score (nSPS) is 14.8. The quantitative estimate of drug-likeness (QED) is 0.297. The van der Waals surface area contributed by atoms with Crippen molar-refractivity contribution >= 4 is 57.1 Å². The van der Waals surface area contributed by atoms with Gasteiger partial charge in [0.05, 0.1) is 17.3 Å². The zero-order valence-electron chi connectivity index (χ0n) is 19.1. The average molecular weight is 574 g/mol. The molecule has 0 radical (unpaired) electrons. The molecular formula is C26H19BrClFN2O5. The van der Waals surface area contributed by atoms with Gasteiger partial charge in [0.15, 0.2) is 11.5 Å². The Labute approximate surface area is 219 Å². The summed E-state index contributed by atoms with van der Waals surface area (Å²) >= 11 is 9.49. The Kier molecular flexibility index (Phi) is 7.42. The highest BCUT2D eigenvalue weighted by atomic mass is 79.9. The van der Waals surface area contributed by atoms with E-state index in [9.17, 15) is 18.8 Å². The van der Waals surface area contributed by atoms with Gasteiger partial charge in [-0.25, -0.2) is 14.1 Å². The topological polar surface area (TPSA) is 84.9 Å². The Bertz CT molecular complexity index is 1430. The molecule has 0 bridgehead atoms. The van der Waals surface area contributed by atoms with Crippen molar-refractivity contribution in [3.8, 4) is 11.5 Å². The number of urea groups is 1. The smallest absolute Gasteiger partial charge is 0.335 e. The predicted molar refractivity (Wildman–Crippen MR) is 137 cm³/mol. The van der Waals surface area contributed by atoms with E-state index in [1.165, 1.54) is 31.4 Å². The number of methoxy groups -OCH3 is 1. The van der Waals surface area contributed by atoms with Gasteiger partial charge in [0.25, 0.3) is 11.8 Å². The van der Waals surface area contributed by atoms with E-state index in [1.807, 2.05) is 0 Å². The Hall–Kier alpha value is -3.69. The fourth-order valence-electron chi connectivity index (χ4n) is 3.61. The number of amides is 4. The van der Waals surface area contributed by atoms with Crippen molar-refractivity contribution in [3.05, 3.63) is 92.2 Å². The number of rotatable bonds is 6. The Morgan fingerprint density at radius 2 is 1.89 bits per heavy atom. The van der Waals surface area contributed by atoms with Crippen LogP contribution in [0.25, 0.3) is 6.08 Å². The number of nitrogens with one attached hydrogen (secondary N) is 1. The summed E-state index contributed by atoms with van der Waals surface area (Å²) in [5.41, 5.74) is 1.70. The van der Waals surface area contributed by atoms with Crippen molar-refractivity contribution < 1.29 is 28.2 Å². The van der Waals surface area contributed by atoms with Crippen LogP contribution < -0.4 is 19.7 Å². The third kappa shape index (κ3) is 5.27. The van der Waals surface area contributed by atoms with Crippen LogP contribution in [0.1, 0.15) is 16.7 Å². The summed E-state index contributed by atoms with van der Waals surface area (Å²) in [5.74, 6) is -1.33. The van der Waals surface area contributed by atoms with Crippen molar-refractivity contribution in [2.45, 2.75) is 13.5 Å².